The van der Waals surface area contributed by atoms with E-state index in [2.05, 4.69) is 37.4 Å². The highest BCUT2D eigenvalue weighted by atomic mass is 19.1. The SMILES string of the molecule is CNC(c1ccc(F)c(OC)c1)c1ccc(C)cc1C. The second-order valence-electron chi connectivity index (χ2n) is 4.98. The fraction of sp³-hybridized carbons (Fsp3) is 0.294. The lowest BCUT2D eigenvalue weighted by Crippen LogP contribution is -2.19. The molecule has 0 radical (unpaired) electrons. The molecule has 0 aliphatic heterocycles. The minimum atomic E-state index is -0.341. The third-order valence-electron chi connectivity index (χ3n) is 3.53. The minimum absolute atomic E-state index is 0.0186. The van der Waals surface area contributed by atoms with Crippen molar-refractivity contribution < 1.29 is 9.13 Å². The van der Waals surface area contributed by atoms with Gasteiger partial charge in [0, 0.05) is 0 Å². The first kappa shape index (κ1) is 14.5. The van der Waals surface area contributed by atoms with E-state index in [9.17, 15) is 4.39 Å². The Balaban J connectivity index is 2.46. The summed E-state index contributed by atoms with van der Waals surface area (Å²) in [5, 5.41) is 3.29. The monoisotopic (exact) mass is 273 g/mol. The van der Waals surface area contributed by atoms with Crippen LogP contribution in [0.25, 0.3) is 0 Å². The maximum Gasteiger partial charge on any atom is 0.165 e. The summed E-state index contributed by atoms with van der Waals surface area (Å²) in [5.41, 5.74) is 4.62. The van der Waals surface area contributed by atoms with Crippen molar-refractivity contribution in [3.05, 3.63) is 64.5 Å². The molecular formula is C17H20FNO. The van der Waals surface area contributed by atoms with E-state index in [1.807, 2.05) is 7.05 Å². The number of hydrogen-bond donors (Lipinski definition) is 1. The van der Waals surface area contributed by atoms with Gasteiger partial charge in [-0.25, -0.2) is 4.39 Å². The highest BCUT2D eigenvalue weighted by Crippen LogP contribution is 2.29. The zero-order valence-electron chi connectivity index (χ0n) is 12.3. The van der Waals surface area contributed by atoms with Gasteiger partial charge in [-0.3, -0.25) is 0 Å². The van der Waals surface area contributed by atoms with Crippen molar-refractivity contribution in [3.63, 3.8) is 0 Å². The first-order valence-electron chi connectivity index (χ1n) is 6.64. The molecule has 1 atom stereocenters. The van der Waals surface area contributed by atoms with Gasteiger partial charge >= 0.3 is 0 Å². The quantitative estimate of drug-likeness (QED) is 0.915. The molecule has 0 aromatic heterocycles. The van der Waals surface area contributed by atoms with Gasteiger partial charge in [-0.2, -0.15) is 0 Å². The largest absolute Gasteiger partial charge is 0.494 e. The highest BCUT2D eigenvalue weighted by molar-refractivity contribution is 5.41. The summed E-state index contributed by atoms with van der Waals surface area (Å²) < 4.78 is 18.6. The molecule has 2 nitrogen and oxygen atoms in total. The Morgan fingerprint density at radius 2 is 1.85 bits per heavy atom. The summed E-state index contributed by atoms with van der Waals surface area (Å²) >= 11 is 0. The van der Waals surface area contributed by atoms with E-state index in [-0.39, 0.29) is 17.6 Å². The number of nitrogens with one attached hydrogen (secondary N) is 1. The van der Waals surface area contributed by atoms with Crippen LogP contribution in [0.3, 0.4) is 0 Å². The number of aryl methyl sites for hydroxylation is 2. The van der Waals surface area contributed by atoms with Crippen LogP contribution in [0, 0.1) is 19.7 Å². The average Bonchev–Trinajstić information content (AvgIpc) is 2.43. The smallest absolute Gasteiger partial charge is 0.165 e. The lowest BCUT2D eigenvalue weighted by Gasteiger charge is -2.20. The standard InChI is InChI=1S/C17H20FNO/c1-11-5-7-14(12(2)9-11)17(19-3)13-6-8-15(18)16(10-13)20-4/h5-10,17,19H,1-4H3. The first-order valence-corrected chi connectivity index (χ1v) is 6.64. The summed E-state index contributed by atoms with van der Waals surface area (Å²) in [6.07, 6.45) is 0. The Kier molecular flexibility index (Phi) is 4.40. The van der Waals surface area contributed by atoms with Gasteiger partial charge < -0.3 is 10.1 Å². The third kappa shape index (κ3) is 2.83. The molecule has 0 fully saturated rings. The molecular weight excluding hydrogens is 253 g/mol. The van der Waals surface area contributed by atoms with Crippen LogP contribution < -0.4 is 10.1 Å². The molecule has 0 saturated carbocycles. The minimum Gasteiger partial charge on any atom is -0.494 e. The van der Waals surface area contributed by atoms with Gasteiger partial charge in [0.1, 0.15) is 0 Å². The van der Waals surface area contributed by atoms with E-state index in [1.54, 1.807) is 12.1 Å². The van der Waals surface area contributed by atoms with Gasteiger partial charge in [0.05, 0.1) is 13.2 Å². The summed E-state index contributed by atoms with van der Waals surface area (Å²) in [6, 6.07) is 11.4. The van der Waals surface area contributed by atoms with E-state index in [4.69, 9.17) is 4.74 Å². The van der Waals surface area contributed by atoms with Crippen LogP contribution in [-0.4, -0.2) is 14.2 Å². The van der Waals surface area contributed by atoms with Gasteiger partial charge in [0.25, 0.3) is 0 Å². The number of hydrogen-bond acceptors (Lipinski definition) is 2. The fourth-order valence-corrected chi connectivity index (χ4v) is 2.51. The van der Waals surface area contributed by atoms with Crippen molar-refractivity contribution in [2.24, 2.45) is 0 Å². The van der Waals surface area contributed by atoms with Crippen molar-refractivity contribution in [3.8, 4) is 5.75 Å². The van der Waals surface area contributed by atoms with Crippen LogP contribution in [0.5, 0.6) is 5.75 Å². The Morgan fingerprint density at radius 1 is 1.10 bits per heavy atom. The maximum atomic E-state index is 13.5. The van der Waals surface area contributed by atoms with Crippen LogP contribution in [0.15, 0.2) is 36.4 Å². The number of rotatable bonds is 4. The highest BCUT2D eigenvalue weighted by Gasteiger charge is 2.16. The molecule has 1 N–H and O–H groups in total. The van der Waals surface area contributed by atoms with Crippen LogP contribution in [0.1, 0.15) is 28.3 Å². The second kappa shape index (κ2) is 6.06. The van der Waals surface area contributed by atoms with Gasteiger partial charge in [-0.05, 0) is 49.7 Å². The number of halogens is 1. The normalized spacial score (nSPS) is 12.2. The van der Waals surface area contributed by atoms with Crippen LogP contribution in [0.2, 0.25) is 0 Å². The lowest BCUT2D eigenvalue weighted by molar-refractivity contribution is 0.385. The third-order valence-corrected chi connectivity index (χ3v) is 3.53. The zero-order chi connectivity index (χ0) is 14.7. The molecule has 106 valence electrons. The van der Waals surface area contributed by atoms with Crippen molar-refractivity contribution in [1.29, 1.82) is 0 Å². The molecule has 0 spiro atoms. The molecule has 3 heteroatoms. The lowest BCUT2D eigenvalue weighted by atomic mass is 9.94. The van der Waals surface area contributed by atoms with E-state index >= 15 is 0 Å². The van der Waals surface area contributed by atoms with Crippen molar-refractivity contribution in [2.45, 2.75) is 19.9 Å². The molecule has 0 amide bonds. The van der Waals surface area contributed by atoms with Gasteiger partial charge in [-0.15, -0.1) is 0 Å². The summed E-state index contributed by atoms with van der Waals surface area (Å²) in [5.74, 6) is -0.0701. The predicted molar refractivity (Wildman–Crippen MR) is 79.8 cm³/mol. The van der Waals surface area contributed by atoms with Gasteiger partial charge in [-0.1, -0.05) is 29.8 Å². The van der Waals surface area contributed by atoms with Crippen molar-refractivity contribution in [1.82, 2.24) is 5.32 Å². The van der Waals surface area contributed by atoms with E-state index < -0.39 is 0 Å². The van der Waals surface area contributed by atoms with Crippen molar-refractivity contribution >= 4 is 0 Å². The Morgan fingerprint density at radius 3 is 2.45 bits per heavy atom. The van der Waals surface area contributed by atoms with Crippen LogP contribution >= 0.6 is 0 Å². The summed E-state index contributed by atoms with van der Waals surface area (Å²) in [6.45, 7) is 4.17. The molecule has 2 aromatic carbocycles. The van der Waals surface area contributed by atoms with E-state index in [0.29, 0.717) is 0 Å². The topological polar surface area (TPSA) is 21.3 Å². The molecule has 0 aliphatic carbocycles. The first-order chi connectivity index (χ1) is 9.56. The molecule has 2 aromatic rings. The maximum absolute atomic E-state index is 13.5. The second-order valence-corrected chi connectivity index (χ2v) is 4.98. The average molecular weight is 273 g/mol. The van der Waals surface area contributed by atoms with Gasteiger partial charge in [0.15, 0.2) is 11.6 Å². The zero-order valence-corrected chi connectivity index (χ0v) is 12.3. The fourth-order valence-electron chi connectivity index (χ4n) is 2.51. The molecule has 0 heterocycles. The molecule has 1 unspecified atom stereocenters. The molecule has 0 bridgehead atoms. The molecule has 0 aliphatic rings. The van der Waals surface area contributed by atoms with Gasteiger partial charge in [0.2, 0.25) is 0 Å². The van der Waals surface area contributed by atoms with Crippen molar-refractivity contribution in [2.75, 3.05) is 14.2 Å². The predicted octanol–water partition coefficient (Wildman–Crippen LogP) is 3.76. The molecule has 2 rings (SSSR count). The Hall–Kier alpha value is -1.87. The number of benzene rings is 2. The number of ether oxygens (including phenoxy) is 1. The summed E-state index contributed by atoms with van der Waals surface area (Å²) in [4.78, 5) is 0. The Labute approximate surface area is 119 Å². The van der Waals surface area contributed by atoms with E-state index in [0.717, 1.165) is 5.56 Å². The van der Waals surface area contributed by atoms with E-state index in [1.165, 1.54) is 29.9 Å². The summed E-state index contributed by atoms with van der Waals surface area (Å²) in [7, 11) is 3.38. The molecule has 20 heavy (non-hydrogen) atoms. The number of methoxy groups -OCH3 is 1. The molecule has 0 saturated heterocycles. The van der Waals surface area contributed by atoms with Crippen LogP contribution in [0.4, 0.5) is 4.39 Å². The Bertz CT molecular complexity index is 610. The van der Waals surface area contributed by atoms with Crippen LogP contribution in [-0.2, 0) is 0 Å².